The molecule has 1 fully saturated rings. The average molecular weight is 386 g/mol. The van der Waals surface area contributed by atoms with Gasteiger partial charge in [-0.3, -0.25) is 0 Å². The van der Waals surface area contributed by atoms with Crippen molar-refractivity contribution in [2.45, 2.75) is 38.0 Å². The summed E-state index contributed by atoms with van der Waals surface area (Å²) in [7, 11) is 4.13. The molecule has 0 aromatic heterocycles. The second kappa shape index (κ2) is 9.14. The lowest BCUT2D eigenvalue weighted by atomic mass is 9.77. The molecule has 1 aliphatic rings. The van der Waals surface area contributed by atoms with Crippen LogP contribution in [0, 0.1) is 5.92 Å². The summed E-state index contributed by atoms with van der Waals surface area (Å²) >= 11 is 6.02. The predicted molar refractivity (Wildman–Crippen MR) is 114 cm³/mol. The first kappa shape index (κ1) is 19.6. The number of anilines is 2. The van der Waals surface area contributed by atoms with Gasteiger partial charge in [-0.05, 0) is 73.4 Å². The van der Waals surface area contributed by atoms with Gasteiger partial charge in [0.1, 0.15) is 5.84 Å². The van der Waals surface area contributed by atoms with Crippen LogP contribution in [-0.2, 0) is 0 Å². The maximum atomic E-state index is 9.38. The van der Waals surface area contributed by atoms with Crippen molar-refractivity contribution in [2.75, 3.05) is 24.3 Å². The minimum absolute atomic E-state index is 0.542. The van der Waals surface area contributed by atoms with Gasteiger partial charge in [-0.25, -0.2) is 0 Å². The summed E-state index contributed by atoms with van der Waals surface area (Å²) in [5.74, 6) is 1.78. The van der Waals surface area contributed by atoms with Crippen molar-refractivity contribution in [1.29, 1.82) is 0 Å². The number of oxime groups is 1. The van der Waals surface area contributed by atoms with Crippen LogP contribution in [0.4, 0.5) is 11.4 Å². The van der Waals surface area contributed by atoms with Crippen molar-refractivity contribution >= 4 is 28.8 Å². The molecule has 0 spiro atoms. The monoisotopic (exact) mass is 385 g/mol. The Morgan fingerprint density at radius 2 is 1.81 bits per heavy atom. The Bertz CT molecular complexity index is 765. The molecular weight excluding hydrogens is 358 g/mol. The molecule has 5 heteroatoms. The van der Waals surface area contributed by atoms with E-state index in [0.29, 0.717) is 22.7 Å². The molecular formula is C22H28ClN3O. The molecule has 0 aliphatic heterocycles. The number of amidine groups is 1. The number of benzene rings is 2. The van der Waals surface area contributed by atoms with Crippen LogP contribution in [0.2, 0.25) is 5.02 Å². The minimum Gasteiger partial charge on any atom is -0.409 e. The lowest BCUT2D eigenvalue weighted by Crippen LogP contribution is -2.21. The summed E-state index contributed by atoms with van der Waals surface area (Å²) in [4.78, 5) is 2.13. The summed E-state index contributed by atoms with van der Waals surface area (Å²) in [6, 6.07) is 16.4. The van der Waals surface area contributed by atoms with E-state index in [-0.39, 0.29) is 0 Å². The van der Waals surface area contributed by atoms with E-state index >= 15 is 0 Å². The smallest absolute Gasteiger partial charge is 0.146 e. The zero-order valence-electron chi connectivity index (χ0n) is 16.0. The molecule has 0 radical (unpaired) electrons. The third kappa shape index (κ3) is 5.39. The quantitative estimate of drug-likeness (QED) is 0.288. The van der Waals surface area contributed by atoms with Gasteiger partial charge in [-0.1, -0.05) is 35.0 Å². The van der Waals surface area contributed by atoms with Crippen molar-refractivity contribution in [3.8, 4) is 0 Å². The third-order valence-electron chi connectivity index (χ3n) is 5.44. The fourth-order valence-electron chi connectivity index (χ4n) is 3.87. The van der Waals surface area contributed by atoms with Crippen LogP contribution in [0.1, 0.15) is 43.6 Å². The van der Waals surface area contributed by atoms with E-state index in [0.717, 1.165) is 24.9 Å². The lowest BCUT2D eigenvalue weighted by Gasteiger charge is -2.29. The Morgan fingerprint density at radius 1 is 1.11 bits per heavy atom. The van der Waals surface area contributed by atoms with Crippen LogP contribution in [0.3, 0.4) is 0 Å². The van der Waals surface area contributed by atoms with E-state index in [1.807, 2.05) is 24.3 Å². The van der Waals surface area contributed by atoms with Gasteiger partial charge in [0.25, 0.3) is 0 Å². The number of nitrogens with one attached hydrogen (secondary N) is 1. The molecule has 0 heterocycles. The van der Waals surface area contributed by atoms with Crippen molar-refractivity contribution in [3.05, 3.63) is 59.1 Å². The molecule has 1 saturated carbocycles. The van der Waals surface area contributed by atoms with Gasteiger partial charge in [0.05, 0.1) is 0 Å². The largest absolute Gasteiger partial charge is 0.409 e. The van der Waals surface area contributed by atoms with Gasteiger partial charge in [0.15, 0.2) is 0 Å². The van der Waals surface area contributed by atoms with Crippen LogP contribution in [0.5, 0.6) is 0 Å². The van der Waals surface area contributed by atoms with E-state index in [4.69, 9.17) is 11.6 Å². The van der Waals surface area contributed by atoms with Gasteiger partial charge >= 0.3 is 0 Å². The van der Waals surface area contributed by atoms with Gasteiger partial charge < -0.3 is 15.4 Å². The SMILES string of the molecule is CN(C)c1ccc([C@H]2CC[C@H](C/C(=N/O)Nc3cccc(Cl)c3)CC2)cc1. The molecule has 0 saturated heterocycles. The molecule has 2 aromatic carbocycles. The van der Waals surface area contributed by atoms with Crippen LogP contribution in [-0.4, -0.2) is 25.1 Å². The summed E-state index contributed by atoms with van der Waals surface area (Å²) < 4.78 is 0. The first-order valence-corrected chi connectivity index (χ1v) is 9.93. The fourth-order valence-corrected chi connectivity index (χ4v) is 4.06. The molecule has 0 atom stereocenters. The highest BCUT2D eigenvalue weighted by molar-refractivity contribution is 6.30. The normalized spacial score (nSPS) is 20.3. The van der Waals surface area contributed by atoms with E-state index in [2.05, 4.69) is 53.7 Å². The fraction of sp³-hybridized carbons (Fsp3) is 0.409. The molecule has 2 N–H and O–H groups in total. The first-order chi connectivity index (χ1) is 13.0. The molecule has 0 unspecified atom stereocenters. The van der Waals surface area contributed by atoms with Crippen molar-refractivity contribution in [1.82, 2.24) is 0 Å². The van der Waals surface area contributed by atoms with Gasteiger partial charge in [-0.15, -0.1) is 0 Å². The van der Waals surface area contributed by atoms with Gasteiger partial charge in [0, 0.05) is 36.9 Å². The Morgan fingerprint density at radius 3 is 2.41 bits per heavy atom. The Hall–Kier alpha value is -2.20. The Balaban J connectivity index is 1.52. The Kier molecular flexibility index (Phi) is 6.62. The molecule has 1 aliphatic carbocycles. The van der Waals surface area contributed by atoms with Crippen LogP contribution >= 0.6 is 11.6 Å². The topological polar surface area (TPSA) is 47.9 Å². The van der Waals surface area contributed by atoms with E-state index in [1.165, 1.54) is 24.1 Å². The van der Waals surface area contributed by atoms with Crippen molar-refractivity contribution in [2.24, 2.45) is 11.1 Å². The molecule has 0 amide bonds. The first-order valence-electron chi connectivity index (χ1n) is 9.56. The highest BCUT2D eigenvalue weighted by Gasteiger charge is 2.24. The van der Waals surface area contributed by atoms with E-state index in [9.17, 15) is 5.21 Å². The van der Waals surface area contributed by atoms with Crippen LogP contribution in [0.15, 0.2) is 53.7 Å². The summed E-state index contributed by atoms with van der Waals surface area (Å²) in [6.45, 7) is 0. The van der Waals surface area contributed by atoms with E-state index < -0.39 is 0 Å². The number of rotatable bonds is 5. The molecule has 0 bridgehead atoms. The second-order valence-corrected chi connectivity index (χ2v) is 8.03. The number of hydrogen-bond acceptors (Lipinski definition) is 3. The Labute approximate surface area is 166 Å². The third-order valence-corrected chi connectivity index (χ3v) is 5.68. The summed E-state index contributed by atoms with van der Waals surface area (Å²) in [6.07, 6.45) is 5.42. The van der Waals surface area contributed by atoms with Crippen LogP contribution in [0.25, 0.3) is 0 Å². The highest BCUT2D eigenvalue weighted by Crippen LogP contribution is 2.37. The maximum absolute atomic E-state index is 9.38. The highest BCUT2D eigenvalue weighted by atomic mass is 35.5. The zero-order valence-corrected chi connectivity index (χ0v) is 16.8. The molecule has 2 aromatic rings. The van der Waals surface area contributed by atoms with Crippen LogP contribution < -0.4 is 10.2 Å². The zero-order chi connectivity index (χ0) is 19.2. The molecule has 4 nitrogen and oxygen atoms in total. The molecule has 27 heavy (non-hydrogen) atoms. The second-order valence-electron chi connectivity index (χ2n) is 7.59. The van der Waals surface area contributed by atoms with Crippen molar-refractivity contribution < 1.29 is 5.21 Å². The number of hydrogen-bond donors (Lipinski definition) is 2. The standard InChI is InChI=1S/C22H28ClN3O/c1-26(2)21-12-10-18(11-13-21)17-8-6-16(7-9-17)14-22(25-27)24-20-5-3-4-19(23)15-20/h3-5,10-13,15-17,27H,6-9,14H2,1-2H3,(H,24,25)/t16-,17-. The molecule has 144 valence electrons. The maximum Gasteiger partial charge on any atom is 0.146 e. The summed E-state index contributed by atoms with van der Waals surface area (Å²) in [5.41, 5.74) is 3.53. The predicted octanol–water partition coefficient (Wildman–Crippen LogP) is 5.97. The lowest BCUT2D eigenvalue weighted by molar-refractivity contribution is 0.306. The number of nitrogens with zero attached hydrogens (tertiary/aromatic N) is 2. The molecule has 3 rings (SSSR count). The minimum atomic E-state index is 0.542. The summed E-state index contributed by atoms with van der Waals surface area (Å²) in [5, 5.41) is 16.7. The van der Waals surface area contributed by atoms with Gasteiger partial charge in [-0.2, -0.15) is 0 Å². The number of halogens is 1. The van der Waals surface area contributed by atoms with Crippen molar-refractivity contribution in [3.63, 3.8) is 0 Å². The average Bonchev–Trinajstić information content (AvgIpc) is 2.68. The van der Waals surface area contributed by atoms with Gasteiger partial charge in [0.2, 0.25) is 0 Å². The van der Waals surface area contributed by atoms with E-state index in [1.54, 1.807) is 0 Å².